The number of hydrogen-bond acceptors (Lipinski definition) is 5. The maximum absolute atomic E-state index is 12.7. The highest BCUT2D eigenvalue weighted by Crippen LogP contribution is 2.27. The molecule has 0 saturated heterocycles. The number of nitrogens with one attached hydrogen (secondary N) is 2. The minimum Gasteiger partial charge on any atom is -0.497 e. The van der Waals surface area contributed by atoms with Crippen LogP contribution in [0.15, 0.2) is 36.4 Å². The summed E-state index contributed by atoms with van der Waals surface area (Å²) in [5.74, 6) is 0.174. The lowest BCUT2D eigenvalue weighted by molar-refractivity contribution is -0.143. The second-order valence-electron chi connectivity index (χ2n) is 6.91. The lowest BCUT2D eigenvalue weighted by Gasteiger charge is -2.20. The molecule has 7 heteroatoms. The number of methoxy groups -OCH3 is 1. The van der Waals surface area contributed by atoms with Crippen LogP contribution in [0.5, 0.6) is 11.5 Å². The van der Waals surface area contributed by atoms with Crippen molar-refractivity contribution in [2.75, 3.05) is 32.1 Å². The molecule has 4 rings (SSSR count). The third-order valence-corrected chi connectivity index (χ3v) is 5.08. The van der Waals surface area contributed by atoms with Gasteiger partial charge in [0.25, 0.3) is 0 Å². The molecule has 0 bridgehead atoms. The lowest BCUT2D eigenvalue weighted by atomic mass is 10.0. The topological polar surface area (TPSA) is 79.9 Å². The van der Waals surface area contributed by atoms with Crippen molar-refractivity contribution in [3.8, 4) is 11.5 Å². The van der Waals surface area contributed by atoms with Gasteiger partial charge >= 0.3 is 11.8 Å². The molecule has 0 saturated carbocycles. The second-order valence-corrected chi connectivity index (χ2v) is 6.91. The van der Waals surface area contributed by atoms with E-state index in [1.54, 1.807) is 7.11 Å². The second kappa shape index (κ2) is 7.90. The Hall–Kier alpha value is -3.06. The molecule has 0 radical (unpaired) electrons. The molecule has 2 N–H and O–H groups in total. The van der Waals surface area contributed by atoms with E-state index in [0.29, 0.717) is 36.9 Å². The predicted octanol–water partition coefficient (Wildman–Crippen LogP) is 1.70. The number of anilines is 1. The molecule has 146 valence electrons. The van der Waals surface area contributed by atoms with Crippen LogP contribution in [0.25, 0.3) is 0 Å². The van der Waals surface area contributed by atoms with Crippen LogP contribution >= 0.6 is 0 Å². The number of nitrogens with zero attached hydrogens (tertiary/aromatic N) is 1. The van der Waals surface area contributed by atoms with Gasteiger partial charge in [-0.1, -0.05) is 6.07 Å². The third-order valence-electron chi connectivity index (χ3n) is 5.08. The van der Waals surface area contributed by atoms with Crippen molar-refractivity contribution in [2.24, 2.45) is 0 Å². The monoisotopic (exact) mass is 381 g/mol. The van der Waals surface area contributed by atoms with E-state index in [2.05, 4.69) is 10.6 Å². The highest BCUT2D eigenvalue weighted by Gasteiger charge is 2.26. The first-order valence-corrected chi connectivity index (χ1v) is 9.36. The predicted molar refractivity (Wildman–Crippen MR) is 104 cm³/mol. The Balaban J connectivity index is 1.46. The maximum Gasteiger partial charge on any atom is 0.313 e. The van der Waals surface area contributed by atoms with Crippen molar-refractivity contribution in [2.45, 2.75) is 19.5 Å². The fourth-order valence-electron chi connectivity index (χ4n) is 3.56. The smallest absolute Gasteiger partial charge is 0.313 e. The minimum atomic E-state index is -0.643. The normalized spacial score (nSPS) is 15.5. The summed E-state index contributed by atoms with van der Waals surface area (Å²) in [5, 5.41) is 6.04. The Labute approximate surface area is 163 Å². The minimum absolute atomic E-state index is 0.299. The maximum atomic E-state index is 12.7. The number of fused-ring (bicyclic) bond motifs is 2. The number of benzene rings is 2. The first-order valence-electron chi connectivity index (χ1n) is 9.36. The summed E-state index contributed by atoms with van der Waals surface area (Å²) in [5.41, 5.74) is 3.88. The third kappa shape index (κ3) is 3.80. The molecule has 0 aromatic heterocycles. The number of amides is 2. The van der Waals surface area contributed by atoms with Gasteiger partial charge in [-0.15, -0.1) is 0 Å². The number of carbonyl (C=O) groups excluding carboxylic acids is 2. The fourth-order valence-corrected chi connectivity index (χ4v) is 3.56. The molecule has 0 atom stereocenters. The molecule has 2 aliphatic rings. The summed E-state index contributed by atoms with van der Waals surface area (Å²) in [6.07, 6.45) is 0.971. The van der Waals surface area contributed by atoms with E-state index in [1.165, 1.54) is 10.5 Å². The number of ether oxygens (including phenoxy) is 2. The van der Waals surface area contributed by atoms with Gasteiger partial charge in [0.2, 0.25) is 0 Å². The van der Waals surface area contributed by atoms with Crippen LogP contribution in [-0.4, -0.2) is 43.5 Å². The zero-order chi connectivity index (χ0) is 19.5. The Morgan fingerprint density at radius 3 is 2.89 bits per heavy atom. The first-order chi connectivity index (χ1) is 13.6. The molecular formula is C21H23N3O4. The summed E-state index contributed by atoms with van der Waals surface area (Å²) in [6.45, 7) is 2.71. The zero-order valence-electron chi connectivity index (χ0n) is 15.8. The molecule has 0 unspecified atom stereocenters. The SMILES string of the molecule is COc1ccc2c(c1)CN(C(=O)C(=O)Nc1ccc3c(c1)CNCC3)CCO2. The molecule has 2 aromatic rings. The Bertz CT molecular complexity index is 913. The van der Waals surface area contributed by atoms with Gasteiger partial charge in [-0.05, 0) is 54.4 Å². The van der Waals surface area contributed by atoms with E-state index in [9.17, 15) is 9.59 Å². The van der Waals surface area contributed by atoms with Crippen LogP contribution in [0.1, 0.15) is 16.7 Å². The number of carbonyl (C=O) groups is 2. The van der Waals surface area contributed by atoms with Crippen molar-refractivity contribution in [3.63, 3.8) is 0 Å². The Morgan fingerprint density at radius 2 is 2.04 bits per heavy atom. The molecule has 2 aliphatic heterocycles. The van der Waals surface area contributed by atoms with E-state index < -0.39 is 11.8 Å². The van der Waals surface area contributed by atoms with Crippen molar-refractivity contribution < 1.29 is 19.1 Å². The molecule has 28 heavy (non-hydrogen) atoms. The van der Waals surface area contributed by atoms with Gasteiger partial charge in [0.05, 0.1) is 20.2 Å². The number of rotatable bonds is 2. The molecule has 2 amide bonds. The van der Waals surface area contributed by atoms with Crippen LogP contribution in [0.4, 0.5) is 5.69 Å². The molecule has 2 aromatic carbocycles. The fraction of sp³-hybridized carbons (Fsp3) is 0.333. The average molecular weight is 381 g/mol. The van der Waals surface area contributed by atoms with E-state index in [0.717, 1.165) is 30.6 Å². The van der Waals surface area contributed by atoms with Crippen LogP contribution in [0, 0.1) is 0 Å². The van der Waals surface area contributed by atoms with Crippen LogP contribution in [-0.2, 0) is 29.1 Å². The number of hydrogen-bond donors (Lipinski definition) is 2. The highest BCUT2D eigenvalue weighted by molar-refractivity contribution is 6.39. The highest BCUT2D eigenvalue weighted by atomic mass is 16.5. The van der Waals surface area contributed by atoms with Crippen molar-refractivity contribution >= 4 is 17.5 Å². The van der Waals surface area contributed by atoms with Gasteiger partial charge in [0.1, 0.15) is 18.1 Å². The first kappa shape index (κ1) is 18.3. The van der Waals surface area contributed by atoms with E-state index in [-0.39, 0.29) is 0 Å². The zero-order valence-corrected chi connectivity index (χ0v) is 15.8. The summed E-state index contributed by atoms with van der Waals surface area (Å²) in [7, 11) is 1.59. The van der Waals surface area contributed by atoms with Crippen molar-refractivity contribution in [1.29, 1.82) is 0 Å². The Kier molecular flexibility index (Phi) is 5.16. The van der Waals surface area contributed by atoms with Crippen LogP contribution in [0.2, 0.25) is 0 Å². The lowest BCUT2D eigenvalue weighted by Crippen LogP contribution is -2.40. The van der Waals surface area contributed by atoms with Crippen molar-refractivity contribution in [1.82, 2.24) is 10.2 Å². The summed E-state index contributed by atoms with van der Waals surface area (Å²) in [4.78, 5) is 26.8. The molecule has 0 spiro atoms. The quantitative estimate of drug-likeness (QED) is 0.774. The summed E-state index contributed by atoms with van der Waals surface area (Å²) >= 11 is 0. The van der Waals surface area contributed by atoms with Gasteiger partial charge in [-0.2, -0.15) is 0 Å². The van der Waals surface area contributed by atoms with E-state index >= 15 is 0 Å². The van der Waals surface area contributed by atoms with Gasteiger partial charge in [-0.3, -0.25) is 9.59 Å². The summed E-state index contributed by atoms with van der Waals surface area (Å²) in [6, 6.07) is 11.3. The van der Waals surface area contributed by atoms with Crippen LogP contribution < -0.4 is 20.1 Å². The molecule has 2 heterocycles. The van der Waals surface area contributed by atoms with Gasteiger partial charge in [0.15, 0.2) is 0 Å². The van der Waals surface area contributed by atoms with E-state index in [4.69, 9.17) is 9.47 Å². The van der Waals surface area contributed by atoms with Gasteiger partial charge < -0.3 is 25.0 Å². The summed E-state index contributed by atoms with van der Waals surface area (Å²) < 4.78 is 10.9. The Morgan fingerprint density at radius 1 is 1.14 bits per heavy atom. The average Bonchev–Trinajstić information content (AvgIpc) is 2.94. The molecule has 0 aliphatic carbocycles. The van der Waals surface area contributed by atoms with Crippen LogP contribution in [0.3, 0.4) is 0 Å². The van der Waals surface area contributed by atoms with Gasteiger partial charge in [0, 0.05) is 17.8 Å². The van der Waals surface area contributed by atoms with Gasteiger partial charge in [-0.25, -0.2) is 0 Å². The molecule has 7 nitrogen and oxygen atoms in total. The van der Waals surface area contributed by atoms with Crippen molar-refractivity contribution in [3.05, 3.63) is 53.1 Å². The molecule has 0 fully saturated rings. The largest absolute Gasteiger partial charge is 0.497 e. The molecular weight excluding hydrogens is 358 g/mol. The van der Waals surface area contributed by atoms with E-state index in [1.807, 2.05) is 36.4 Å². The standard InChI is InChI=1S/C21H23N3O4/c1-27-18-4-5-19-16(11-18)13-24(8-9-28-19)21(26)20(25)23-17-3-2-14-6-7-22-12-15(14)10-17/h2-5,10-11,22H,6-9,12-13H2,1H3,(H,23,25).